The first-order valence-electron chi connectivity index (χ1n) is 5.39. The largest absolute Gasteiger partial charge is 0.357 e. The summed E-state index contributed by atoms with van der Waals surface area (Å²) in [5.74, 6) is -0.512. The first-order valence-corrected chi connectivity index (χ1v) is 5.77. The summed E-state index contributed by atoms with van der Waals surface area (Å²) in [5.41, 5.74) is 7.20. The minimum atomic E-state index is -0.309. The highest BCUT2D eigenvalue weighted by Crippen LogP contribution is 2.31. The highest BCUT2D eigenvalue weighted by atomic mass is 35.5. The van der Waals surface area contributed by atoms with Crippen LogP contribution < -0.4 is 5.73 Å². The van der Waals surface area contributed by atoms with Gasteiger partial charge in [-0.05, 0) is 23.8 Å². The number of nitrogens with zero attached hydrogens (tertiary/aromatic N) is 1. The lowest BCUT2D eigenvalue weighted by atomic mass is 9.93. The van der Waals surface area contributed by atoms with Gasteiger partial charge in [-0.15, -0.1) is 0 Å². The maximum Gasteiger partial charge on any atom is 0.128 e. The Morgan fingerprint density at radius 2 is 2.18 bits per heavy atom. The number of hydrogen-bond donors (Lipinski definition) is 1. The van der Waals surface area contributed by atoms with Gasteiger partial charge < -0.3 is 10.3 Å². The summed E-state index contributed by atoms with van der Waals surface area (Å²) in [6, 6.07) is 6.62. The molecule has 0 bridgehead atoms. The third-order valence-corrected chi connectivity index (χ3v) is 3.17. The van der Waals surface area contributed by atoms with Crippen molar-refractivity contribution in [2.45, 2.75) is 5.92 Å². The zero-order chi connectivity index (χ0) is 12.4. The molecule has 0 saturated heterocycles. The monoisotopic (exact) mass is 252 g/mol. The highest BCUT2D eigenvalue weighted by Gasteiger charge is 2.20. The average molecular weight is 253 g/mol. The van der Waals surface area contributed by atoms with Crippen LogP contribution in [0.15, 0.2) is 36.7 Å². The molecule has 1 aromatic heterocycles. The van der Waals surface area contributed by atoms with Crippen molar-refractivity contribution >= 4 is 11.6 Å². The lowest BCUT2D eigenvalue weighted by Gasteiger charge is -2.16. The predicted octanol–water partition coefficient (Wildman–Crippen LogP) is 2.91. The summed E-state index contributed by atoms with van der Waals surface area (Å²) in [6.07, 6.45) is 3.84. The van der Waals surface area contributed by atoms with Crippen LogP contribution in [0.4, 0.5) is 4.39 Å². The van der Waals surface area contributed by atoms with Gasteiger partial charge in [-0.1, -0.05) is 17.7 Å². The number of nitrogens with two attached hydrogens (primary N) is 1. The molecular weight excluding hydrogens is 239 g/mol. The zero-order valence-corrected chi connectivity index (χ0v) is 10.3. The van der Waals surface area contributed by atoms with Gasteiger partial charge in [0.2, 0.25) is 0 Å². The van der Waals surface area contributed by atoms with Gasteiger partial charge in [0.1, 0.15) is 5.82 Å². The quantitative estimate of drug-likeness (QED) is 0.895. The number of aryl methyl sites for hydroxylation is 1. The molecule has 4 heteroatoms. The second-order valence-corrected chi connectivity index (χ2v) is 4.44. The van der Waals surface area contributed by atoms with E-state index in [1.54, 1.807) is 12.1 Å². The molecule has 1 aromatic carbocycles. The van der Waals surface area contributed by atoms with E-state index >= 15 is 0 Å². The van der Waals surface area contributed by atoms with Gasteiger partial charge in [-0.2, -0.15) is 0 Å². The maximum atomic E-state index is 13.8. The minimum Gasteiger partial charge on any atom is -0.357 e. The third kappa shape index (κ3) is 2.35. The molecule has 0 amide bonds. The van der Waals surface area contributed by atoms with E-state index in [-0.39, 0.29) is 11.7 Å². The number of aromatic nitrogens is 1. The van der Waals surface area contributed by atoms with E-state index in [2.05, 4.69) is 0 Å². The van der Waals surface area contributed by atoms with Crippen LogP contribution in [0, 0.1) is 5.82 Å². The second-order valence-electron chi connectivity index (χ2n) is 4.03. The number of halogens is 2. The van der Waals surface area contributed by atoms with Crippen molar-refractivity contribution in [3.8, 4) is 0 Å². The van der Waals surface area contributed by atoms with Crippen LogP contribution in [0.3, 0.4) is 0 Å². The summed E-state index contributed by atoms with van der Waals surface area (Å²) < 4.78 is 15.7. The Bertz CT molecular complexity index is 502. The summed E-state index contributed by atoms with van der Waals surface area (Å²) in [4.78, 5) is 0. The second kappa shape index (κ2) is 4.90. The van der Waals surface area contributed by atoms with Crippen LogP contribution >= 0.6 is 11.6 Å². The molecule has 2 aromatic rings. The van der Waals surface area contributed by atoms with Crippen LogP contribution in [0.1, 0.15) is 17.0 Å². The van der Waals surface area contributed by atoms with E-state index < -0.39 is 0 Å². The van der Waals surface area contributed by atoms with Crippen molar-refractivity contribution in [2.75, 3.05) is 6.54 Å². The van der Waals surface area contributed by atoms with Crippen molar-refractivity contribution in [2.24, 2.45) is 12.8 Å². The minimum absolute atomic E-state index is 0.204. The third-order valence-electron chi connectivity index (χ3n) is 2.84. The van der Waals surface area contributed by atoms with Crippen LogP contribution in [0.5, 0.6) is 0 Å². The van der Waals surface area contributed by atoms with E-state index in [0.717, 1.165) is 5.56 Å². The summed E-state index contributed by atoms with van der Waals surface area (Å²) in [5, 5.41) is 0.421. The van der Waals surface area contributed by atoms with Crippen LogP contribution in [0.25, 0.3) is 0 Å². The Labute approximate surface area is 105 Å². The molecule has 0 spiro atoms. The standard InChI is InChI=1S/C13H14ClFN2/c1-17-6-5-9(8-17)10(7-16)13-11(14)3-2-4-12(13)15/h2-6,8,10H,7,16H2,1H3. The molecular formula is C13H14ClFN2. The van der Waals surface area contributed by atoms with E-state index in [1.807, 2.05) is 30.1 Å². The van der Waals surface area contributed by atoms with Gasteiger partial charge in [0.25, 0.3) is 0 Å². The zero-order valence-electron chi connectivity index (χ0n) is 9.53. The van der Waals surface area contributed by atoms with Gasteiger partial charge in [0.05, 0.1) is 0 Å². The average Bonchev–Trinajstić information content (AvgIpc) is 2.70. The molecule has 90 valence electrons. The van der Waals surface area contributed by atoms with Crippen molar-refractivity contribution < 1.29 is 4.39 Å². The molecule has 0 aliphatic carbocycles. The number of rotatable bonds is 3. The highest BCUT2D eigenvalue weighted by molar-refractivity contribution is 6.31. The fourth-order valence-corrected chi connectivity index (χ4v) is 2.29. The summed E-state index contributed by atoms with van der Waals surface area (Å²) in [7, 11) is 1.92. The molecule has 2 N–H and O–H groups in total. The molecule has 0 aliphatic rings. The molecule has 1 unspecified atom stereocenters. The smallest absolute Gasteiger partial charge is 0.128 e. The molecule has 1 atom stereocenters. The lowest BCUT2D eigenvalue weighted by molar-refractivity contribution is 0.597. The molecule has 2 nitrogen and oxygen atoms in total. The van der Waals surface area contributed by atoms with Gasteiger partial charge >= 0.3 is 0 Å². The van der Waals surface area contributed by atoms with Crippen LogP contribution in [-0.4, -0.2) is 11.1 Å². The van der Waals surface area contributed by atoms with E-state index in [9.17, 15) is 4.39 Å². The molecule has 0 radical (unpaired) electrons. The number of hydrogen-bond acceptors (Lipinski definition) is 1. The van der Waals surface area contributed by atoms with Crippen molar-refractivity contribution in [1.29, 1.82) is 0 Å². The maximum absolute atomic E-state index is 13.8. The van der Waals surface area contributed by atoms with Crippen molar-refractivity contribution in [3.05, 3.63) is 58.6 Å². The molecule has 0 saturated carbocycles. The van der Waals surface area contributed by atoms with Gasteiger partial charge in [-0.3, -0.25) is 0 Å². The first-order chi connectivity index (χ1) is 8.13. The fraction of sp³-hybridized carbons (Fsp3) is 0.231. The Kier molecular flexibility index (Phi) is 3.50. The molecule has 1 heterocycles. The summed E-state index contributed by atoms with van der Waals surface area (Å²) in [6.45, 7) is 0.324. The van der Waals surface area contributed by atoms with Crippen LogP contribution in [0.2, 0.25) is 5.02 Å². The fourth-order valence-electron chi connectivity index (χ4n) is 2.00. The topological polar surface area (TPSA) is 30.9 Å². The van der Waals surface area contributed by atoms with E-state index in [1.165, 1.54) is 6.07 Å². The Morgan fingerprint density at radius 3 is 2.71 bits per heavy atom. The van der Waals surface area contributed by atoms with E-state index in [4.69, 9.17) is 17.3 Å². The first kappa shape index (κ1) is 12.1. The summed E-state index contributed by atoms with van der Waals surface area (Å²) >= 11 is 6.06. The molecule has 0 fully saturated rings. The Hall–Kier alpha value is -1.32. The number of benzene rings is 1. The molecule has 0 aliphatic heterocycles. The molecule has 17 heavy (non-hydrogen) atoms. The normalized spacial score (nSPS) is 12.7. The van der Waals surface area contributed by atoms with Gasteiger partial charge in [0.15, 0.2) is 0 Å². The molecule has 2 rings (SSSR count). The Morgan fingerprint density at radius 1 is 1.41 bits per heavy atom. The SMILES string of the molecule is Cn1ccc(C(CN)c2c(F)cccc2Cl)c1. The Balaban J connectivity index is 2.49. The van der Waals surface area contributed by atoms with E-state index in [0.29, 0.717) is 17.1 Å². The van der Waals surface area contributed by atoms with Gasteiger partial charge in [0, 0.05) is 42.5 Å². The lowest BCUT2D eigenvalue weighted by Crippen LogP contribution is -2.15. The van der Waals surface area contributed by atoms with Crippen molar-refractivity contribution in [1.82, 2.24) is 4.57 Å². The van der Waals surface area contributed by atoms with Gasteiger partial charge in [-0.25, -0.2) is 4.39 Å². The van der Waals surface area contributed by atoms with Crippen molar-refractivity contribution in [3.63, 3.8) is 0 Å². The van der Waals surface area contributed by atoms with Crippen LogP contribution in [-0.2, 0) is 7.05 Å². The predicted molar refractivity (Wildman–Crippen MR) is 67.7 cm³/mol.